The van der Waals surface area contributed by atoms with Crippen molar-refractivity contribution in [2.75, 3.05) is 0 Å². The van der Waals surface area contributed by atoms with E-state index in [9.17, 15) is 28.8 Å². The number of carbonyl (C=O) groups excluding carboxylic acids is 6. The Bertz CT molecular complexity index is 608. The smallest absolute Gasteiger partial charge is 0.146 e. The molecule has 6 heteroatoms. The molecular weight excluding hydrogens is 348 g/mol. The molecule has 0 aromatic carbocycles. The number of rotatable bonds is 12. The van der Waals surface area contributed by atoms with Crippen LogP contribution in [0.4, 0.5) is 0 Å². The summed E-state index contributed by atoms with van der Waals surface area (Å²) in [7, 11) is 0. The van der Waals surface area contributed by atoms with E-state index in [1.54, 1.807) is 0 Å². The lowest BCUT2D eigenvalue weighted by atomic mass is 9.76. The fraction of sp³-hybridized carbons (Fsp3) is 0.714. The van der Waals surface area contributed by atoms with Gasteiger partial charge in [0, 0.05) is 25.7 Å². The van der Waals surface area contributed by atoms with Gasteiger partial charge in [0.05, 0.1) is 16.2 Å². The van der Waals surface area contributed by atoms with Gasteiger partial charge in [-0.25, -0.2) is 0 Å². The maximum absolute atomic E-state index is 12.5. The first-order valence-corrected chi connectivity index (χ1v) is 9.14. The topological polar surface area (TPSA) is 102 Å². The van der Waals surface area contributed by atoms with Gasteiger partial charge in [0.2, 0.25) is 0 Å². The number of Topliss-reactive ketones (excluding diaryl/α,β-unsaturated/α-hetero) is 6. The van der Waals surface area contributed by atoms with Crippen molar-refractivity contribution in [1.82, 2.24) is 0 Å². The molecule has 0 spiro atoms. The Kier molecular flexibility index (Phi) is 8.16. The number of hydrogen-bond donors (Lipinski definition) is 0. The molecule has 0 aromatic heterocycles. The summed E-state index contributed by atoms with van der Waals surface area (Å²) in [6.45, 7) is 11.7. The van der Waals surface area contributed by atoms with E-state index in [1.807, 2.05) is 0 Å². The molecule has 0 atom stereocenters. The summed E-state index contributed by atoms with van der Waals surface area (Å²) in [5, 5.41) is 0. The first-order chi connectivity index (χ1) is 12.0. The molecule has 0 heterocycles. The van der Waals surface area contributed by atoms with Crippen molar-refractivity contribution >= 4 is 34.7 Å². The molecule has 0 aromatic rings. The molecule has 0 radical (unpaired) electrons. The number of carbonyl (C=O) groups is 6. The van der Waals surface area contributed by atoms with Crippen LogP contribution in [-0.2, 0) is 28.8 Å². The molecule has 0 saturated heterocycles. The summed E-state index contributed by atoms with van der Waals surface area (Å²) in [6, 6.07) is 0. The SMILES string of the molecule is CC(=O)C(C)(C)C(=O)CCC(=O)C(C)(C)C(=O)CCC(=O)C(C)(C)C(C)=O. The van der Waals surface area contributed by atoms with Crippen LogP contribution in [-0.4, -0.2) is 34.7 Å². The maximum Gasteiger partial charge on any atom is 0.146 e. The van der Waals surface area contributed by atoms with E-state index < -0.39 is 27.8 Å². The van der Waals surface area contributed by atoms with Crippen molar-refractivity contribution in [2.45, 2.75) is 81.1 Å². The summed E-state index contributed by atoms with van der Waals surface area (Å²) >= 11 is 0. The Morgan fingerprint density at radius 2 is 0.630 bits per heavy atom. The molecule has 152 valence electrons. The van der Waals surface area contributed by atoms with Gasteiger partial charge in [-0.2, -0.15) is 0 Å². The van der Waals surface area contributed by atoms with E-state index in [4.69, 9.17) is 0 Å². The third kappa shape index (κ3) is 6.01. The lowest BCUT2D eigenvalue weighted by molar-refractivity contribution is -0.143. The summed E-state index contributed by atoms with van der Waals surface area (Å²) < 4.78 is 0. The molecule has 0 saturated carbocycles. The highest BCUT2D eigenvalue weighted by Gasteiger charge is 2.39. The normalized spacial score (nSPS) is 12.4. The van der Waals surface area contributed by atoms with Crippen LogP contribution in [0.3, 0.4) is 0 Å². The summed E-state index contributed by atoms with van der Waals surface area (Å²) in [4.78, 5) is 72.3. The van der Waals surface area contributed by atoms with Crippen LogP contribution < -0.4 is 0 Å². The van der Waals surface area contributed by atoms with Crippen molar-refractivity contribution in [1.29, 1.82) is 0 Å². The zero-order chi connectivity index (χ0) is 21.8. The molecule has 0 bridgehead atoms. The third-order valence-electron chi connectivity index (χ3n) is 5.71. The van der Waals surface area contributed by atoms with E-state index in [0.29, 0.717) is 0 Å². The molecule has 0 rings (SSSR count). The van der Waals surface area contributed by atoms with Crippen LogP contribution in [0.2, 0.25) is 0 Å². The van der Waals surface area contributed by atoms with E-state index in [-0.39, 0.29) is 48.8 Å². The number of hydrogen-bond acceptors (Lipinski definition) is 6. The van der Waals surface area contributed by atoms with E-state index in [2.05, 4.69) is 0 Å². The second-order valence-electron chi connectivity index (χ2n) is 8.68. The summed E-state index contributed by atoms with van der Waals surface area (Å²) in [6.07, 6.45) is -0.501. The van der Waals surface area contributed by atoms with Gasteiger partial charge in [-0.05, 0) is 55.4 Å². The van der Waals surface area contributed by atoms with E-state index >= 15 is 0 Å². The molecule has 0 aliphatic heterocycles. The van der Waals surface area contributed by atoms with Gasteiger partial charge in [-0.1, -0.05) is 0 Å². The van der Waals surface area contributed by atoms with Gasteiger partial charge in [-0.15, -0.1) is 0 Å². The highest BCUT2D eigenvalue weighted by Crippen LogP contribution is 2.28. The average molecular weight is 380 g/mol. The minimum Gasteiger partial charge on any atom is -0.299 e. The van der Waals surface area contributed by atoms with Crippen LogP contribution >= 0.6 is 0 Å². The van der Waals surface area contributed by atoms with Gasteiger partial charge < -0.3 is 0 Å². The Hall–Kier alpha value is -1.98. The highest BCUT2D eigenvalue weighted by molar-refractivity contribution is 6.11. The van der Waals surface area contributed by atoms with Gasteiger partial charge >= 0.3 is 0 Å². The predicted molar refractivity (Wildman–Crippen MR) is 101 cm³/mol. The molecule has 0 fully saturated rings. The minimum absolute atomic E-state index is 0.113. The predicted octanol–water partition coefficient (Wildman–Crippen LogP) is 3.08. The van der Waals surface area contributed by atoms with Gasteiger partial charge in [0.25, 0.3) is 0 Å². The summed E-state index contributed by atoms with van der Waals surface area (Å²) in [5.41, 5.74) is -3.64. The molecule has 0 aliphatic carbocycles. The Balaban J connectivity index is 4.90. The summed E-state index contributed by atoms with van der Waals surface area (Å²) in [5.74, 6) is -2.05. The Labute approximate surface area is 161 Å². The fourth-order valence-corrected chi connectivity index (χ4v) is 2.25. The largest absolute Gasteiger partial charge is 0.299 e. The zero-order valence-corrected chi connectivity index (χ0v) is 17.8. The lowest BCUT2D eigenvalue weighted by Gasteiger charge is -2.24. The second kappa shape index (κ2) is 8.81. The van der Waals surface area contributed by atoms with E-state index in [0.717, 1.165) is 0 Å². The van der Waals surface area contributed by atoms with Crippen molar-refractivity contribution in [2.24, 2.45) is 16.2 Å². The van der Waals surface area contributed by atoms with Crippen molar-refractivity contribution in [3.8, 4) is 0 Å². The monoisotopic (exact) mass is 380 g/mol. The molecule has 0 N–H and O–H groups in total. The van der Waals surface area contributed by atoms with Gasteiger partial charge in [0.1, 0.15) is 34.7 Å². The van der Waals surface area contributed by atoms with E-state index in [1.165, 1.54) is 55.4 Å². The molecule has 0 amide bonds. The minimum atomic E-state index is -1.33. The van der Waals surface area contributed by atoms with Crippen LogP contribution in [0.5, 0.6) is 0 Å². The standard InChI is InChI=1S/C21H32O6/c1-13(22)19(3,4)15(24)9-11-17(26)21(7,8)18(27)12-10-16(25)20(5,6)14(2)23/h9-12H2,1-8H3. The number of ketones is 6. The molecule has 0 unspecified atom stereocenters. The average Bonchev–Trinajstić information content (AvgIpc) is 2.55. The van der Waals surface area contributed by atoms with Crippen molar-refractivity contribution < 1.29 is 28.8 Å². The van der Waals surface area contributed by atoms with Crippen molar-refractivity contribution in [3.05, 3.63) is 0 Å². The molecule has 0 aliphatic rings. The van der Waals surface area contributed by atoms with Crippen LogP contribution in [0.15, 0.2) is 0 Å². The van der Waals surface area contributed by atoms with Crippen LogP contribution in [0.25, 0.3) is 0 Å². The van der Waals surface area contributed by atoms with Crippen LogP contribution in [0.1, 0.15) is 81.1 Å². The fourth-order valence-electron chi connectivity index (χ4n) is 2.25. The Morgan fingerprint density at radius 3 is 0.815 bits per heavy atom. The lowest BCUT2D eigenvalue weighted by Crippen LogP contribution is -2.37. The van der Waals surface area contributed by atoms with Crippen LogP contribution in [0, 0.1) is 16.2 Å². The Morgan fingerprint density at radius 1 is 0.444 bits per heavy atom. The second-order valence-corrected chi connectivity index (χ2v) is 8.68. The zero-order valence-electron chi connectivity index (χ0n) is 17.8. The first-order valence-electron chi connectivity index (χ1n) is 9.14. The quantitative estimate of drug-likeness (QED) is 0.482. The van der Waals surface area contributed by atoms with Gasteiger partial charge in [-0.3, -0.25) is 28.8 Å². The maximum atomic E-state index is 12.5. The van der Waals surface area contributed by atoms with Crippen molar-refractivity contribution in [3.63, 3.8) is 0 Å². The molecule has 6 nitrogen and oxygen atoms in total. The molecule has 27 heavy (non-hydrogen) atoms. The third-order valence-corrected chi connectivity index (χ3v) is 5.71. The molecular formula is C21H32O6. The van der Waals surface area contributed by atoms with Gasteiger partial charge in [0.15, 0.2) is 0 Å². The first kappa shape index (κ1) is 25.0. The highest BCUT2D eigenvalue weighted by atomic mass is 16.2.